The molecule has 1 aromatic carbocycles. The number of aromatic nitrogens is 2. The van der Waals surface area contributed by atoms with E-state index in [4.69, 9.17) is 0 Å². The van der Waals surface area contributed by atoms with E-state index in [9.17, 15) is 4.79 Å². The van der Waals surface area contributed by atoms with Crippen LogP contribution in [0.25, 0.3) is 0 Å². The number of hydrogen-bond donors (Lipinski definition) is 1. The number of carbonyl (C=O) groups excluding carboxylic acids is 1. The number of carbonyl (C=O) groups is 1. The number of amides is 1. The summed E-state index contributed by atoms with van der Waals surface area (Å²) < 4.78 is 1.81. The Morgan fingerprint density at radius 1 is 1.23 bits per heavy atom. The van der Waals surface area contributed by atoms with Crippen LogP contribution >= 0.6 is 34.9 Å². The van der Waals surface area contributed by atoms with Gasteiger partial charge in [0.05, 0.1) is 5.75 Å². The minimum atomic E-state index is 0.0403. The van der Waals surface area contributed by atoms with Crippen LogP contribution in [-0.2, 0) is 11.2 Å². The summed E-state index contributed by atoms with van der Waals surface area (Å²) in [5.74, 6) is 1.41. The summed E-state index contributed by atoms with van der Waals surface area (Å²) in [5.41, 5.74) is 2.54. The van der Waals surface area contributed by atoms with Gasteiger partial charge in [0, 0.05) is 6.54 Å². The molecule has 1 heterocycles. The predicted octanol–water partition coefficient (Wildman–Crippen LogP) is 3.41. The average Bonchev–Trinajstić information content (AvgIpc) is 2.95. The standard InChI is InChI=1S/C15H19N3OS3/c1-3-20-14-17-18-15(22-14)21-10-13(19)16-9-8-12-7-5-4-6-11(12)2/h4-7H,3,8-10H2,1-2H3,(H,16,19). The minimum Gasteiger partial charge on any atom is -0.355 e. The van der Waals surface area contributed by atoms with Crippen molar-refractivity contribution in [3.63, 3.8) is 0 Å². The van der Waals surface area contributed by atoms with Gasteiger partial charge in [-0.1, -0.05) is 66.0 Å². The molecule has 0 saturated carbocycles. The van der Waals surface area contributed by atoms with Crippen LogP contribution in [0.1, 0.15) is 18.1 Å². The van der Waals surface area contributed by atoms with Crippen molar-refractivity contribution in [1.29, 1.82) is 0 Å². The lowest BCUT2D eigenvalue weighted by Crippen LogP contribution is -2.27. The Hall–Kier alpha value is -1.05. The molecule has 2 aromatic rings. The highest BCUT2D eigenvalue weighted by Gasteiger charge is 2.08. The van der Waals surface area contributed by atoms with E-state index in [1.54, 1.807) is 23.1 Å². The second kappa shape index (κ2) is 9.17. The van der Waals surface area contributed by atoms with Gasteiger partial charge in [0.15, 0.2) is 8.68 Å². The Balaban J connectivity index is 1.68. The van der Waals surface area contributed by atoms with Crippen molar-refractivity contribution >= 4 is 40.8 Å². The highest BCUT2D eigenvalue weighted by atomic mass is 32.2. The highest BCUT2D eigenvalue weighted by molar-refractivity contribution is 8.03. The molecule has 0 atom stereocenters. The van der Waals surface area contributed by atoms with Crippen LogP contribution in [0.15, 0.2) is 32.9 Å². The van der Waals surface area contributed by atoms with E-state index in [0.29, 0.717) is 12.3 Å². The summed E-state index contributed by atoms with van der Waals surface area (Å²) in [7, 11) is 0. The summed E-state index contributed by atoms with van der Waals surface area (Å²) >= 11 is 4.66. The van der Waals surface area contributed by atoms with E-state index < -0.39 is 0 Å². The van der Waals surface area contributed by atoms with Crippen LogP contribution < -0.4 is 5.32 Å². The monoisotopic (exact) mass is 353 g/mol. The third-order valence-corrected chi connectivity index (χ3v) is 6.03. The van der Waals surface area contributed by atoms with Crippen molar-refractivity contribution in [3.8, 4) is 0 Å². The van der Waals surface area contributed by atoms with Crippen LogP contribution in [0.2, 0.25) is 0 Å². The van der Waals surface area contributed by atoms with Crippen molar-refractivity contribution in [2.75, 3.05) is 18.1 Å². The Kier molecular flexibility index (Phi) is 7.21. The maximum absolute atomic E-state index is 11.8. The second-order valence-corrected chi connectivity index (χ2v) is 8.29. The third-order valence-electron chi connectivity index (χ3n) is 2.96. The number of nitrogens with zero attached hydrogens (tertiary/aromatic N) is 2. The fourth-order valence-corrected chi connectivity index (χ4v) is 4.59. The van der Waals surface area contributed by atoms with E-state index in [1.165, 1.54) is 22.9 Å². The zero-order valence-electron chi connectivity index (χ0n) is 12.7. The summed E-state index contributed by atoms with van der Waals surface area (Å²) in [6.07, 6.45) is 0.860. The second-order valence-electron chi connectivity index (χ2n) is 4.58. The molecular weight excluding hydrogens is 334 g/mol. The topological polar surface area (TPSA) is 54.9 Å². The Bertz CT molecular complexity index is 616. The molecule has 0 aliphatic rings. The van der Waals surface area contributed by atoms with Crippen LogP contribution in [0.5, 0.6) is 0 Å². The summed E-state index contributed by atoms with van der Waals surface area (Å²) in [5, 5.41) is 11.1. The van der Waals surface area contributed by atoms with Gasteiger partial charge >= 0.3 is 0 Å². The molecule has 0 unspecified atom stereocenters. The van der Waals surface area contributed by atoms with Crippen molar-refractivity contribution < 1.29 is 4.79 Å². The maximum Gasteiger partial charge on any atom is 0.230 e. The van der Waals surface area contributed by atoms with Gasteiger partial charge in [-0.3, -0.25) is 4.79 Å². The van der Waals surface area contributed by atoms with Crippen LogP contribution in [-0.4, -0.2) is 34.2 Å². The summed E-state index contributed by atoms with van der Waals surface area (Å²) in [6.45, 7) is 4.84. The molecule has 0 radical (unpaired) electrons. The fourth-order valence-electron chi connectivity index (χ4n) is 1.84. The lowest BCUT2D eigenvalue weighted by Gasteiger charge is -2.06. The Labute approximate surface area is 143 Å². The molecule has 1 N–H and O–H groups in total. The lowest BCUT2D eigenvalue weighted by atomic mass is 10.1. The van der Waals surface area contributed by atoms with E-state index in [2.05, 4.69) is 41.5 Å². The normalized spacial score (nSPS) is 10.6. The van der Waals surface area contributed by atoms with Crippen LogP contribution in [0, 0.1) is 6.92 Å². The maximum atomic E-state index is 11.8. The first-order chi connectivity index (χ1) is 10.7. The van der Waals surface area contributed by atoms with Gasteiger partial charge in [-0.15, -0.1) is 10.2 Å². The molecule has 7 heteroatoms. The SMILES string of the molecule is CCSc1nnc(SCC(=O)NCCc2ccccc2C)s1. The minimum absolute atomic E-state index is 0.0403. The number of rotatable bonds is 8. The van der Waals surface area contributed by atoms with Crippen molar-refractivity contribution in [2.24, 2.45) is 0 Å². The van der Waals surface area contributed by atoms with Gasteiger partial charge in [-0.05, 0) is 30.2 Å². The first-order valence-electron chi connectivity index (χ1n) is 7.09. The molecule has 22 heavy (non-hydrogen) atoms. The molecule has 0 aliphatic heterocycles. The zero-order valence-corrected chi connectivity index (χ0v) is 15.1. The fraction of sp³-hybridized carbons (Fsp3) is 0.400. The molecule has 0 fully saturated rings. The first-order valence-corrected chi connectivity index (χ1v) is 9.88. The number of thioether (sulfide) groups is 2. The van der Waals surface area contributed by atoms with Crippen LogP contribution in [0.3, 0.4) is 0 Å². The Morgan fingerprint density at radius 2 is 1.95 bits per heavy atom. The van der Waals surface area contributed by atoms with Crippen molar-refractivity contribution in [3.05, 3.63) is 35.4 Å². The molecule has 118 valence electrons. The van der Waals surface area contributed by atoms with Gasteiger partial charge in [0.25, 0.3) is 0 Å². The Morgan fingerprint density at radius 3 is 2.68 bits per heavy atom. The first kappa shape index (κ1) is 17.3. The summed E-state index contributed by atoms with van der Waals surface area (Å²) in [6, 6.07) is 8.25. The van der Waals surface area contributed by atoms with E-state index >= 15 is 0 Å². The van der Waals surface area contributed by atoms with E-state index in [-0.39, 0.29) is 5.91 Å². The smallest absolute Gasteiger partial charge is 0.230 e. The molecule has 0 saturated heterocycles. The van der Waals surface area contributed by atoms with Crippen molar-refractivity contribution in [1.82, 2.24) is 15.5 Å². The largest absolute Gasteiger partial charge is 0.355 e. The quantitative estimate of drug-likeness (QED) is 0.737. The number of hydrogen-bond acceptors (Lipinski definition) is 6. The molecule has 4 nitrogen and oxygen atoms in total. The molecule has 0 bridgehead atoms. The number of aryl methyl sites for hydroxylation is 1. The number of nitrogens with one attached hydrogen (secondary N) is 1. The van der Waals surface area contributed by atoms with E-state index in [0.717, 1.165) is 20.9 Å². The summed E-state index contributed by atoms with van der Waals surface area (Å²) in [4.78, 5) is 11.8. The molecular formula is C15H19N3OS3. The molecule has 0 aliphatic carbocycles. The van der Waals surface area contributed by atoms with Crippen LogP contribution in [0.4, 0.5) is 0 Å². The lowest BCUT2D eigenvalue weighted by molar-refractivity contribution is -0.118. The van der Waals surface area contributed by atoms with Gasteiger partial charge in [-0.25, -0.2) is 0 Å². The number of benzene rings is 1. The molecule has 1 amide bonds. The van der Waals surface area contributed by atoms with Gasteiger partial charge < -0.3 is 5.32 Å². The van der Waals surface area contributed by atoms with Gasteiger partial charge in [-0.2, -0.15) is 0 Å². The highest BCUT2D eigenvalue weighted by Crippen LogP contribution is 2.28. The molecule has 0 spiro atoms. The average molecular weight is 354 g/mol. The zero-order chi connectivity index (χ0) is 15.8. The predicted molar refractivity (Wildman–Crippen MR) is 94.9 cm³/mol. The molecule has 2 rings (SSSR count). The molecule has 1 aromatic heterocycles. The van der Waals surface area contributed by atoms with Gasteiger partial charge in [0.1, 0.15) is 0 Å². The van der Waals surface area contributed by atoms with Gasteiger partial charge in [0.2, 0.25) is 5.91 Å². The van der Waals surface area contributed by atoms with E-state index in [1.807, 2.05) is 12.1 Å². The van der Waals surface area contributed by atoms with Crippen molar-refractivity contribution in [2.45, 2.75) is 28.9 Å². The third kappa shape index (κ3) is 5.62.